The summed E-state index contributed by atoms with van der Waals surface area (Å²) in [4.78, 5) is 23.0. The number of carbonyl (C=O) groups is 2. The lowest BCUT2D eigenvalue weighted by Gasteiger charge is -2.32. The summed E-state index contributed by atoms with van der Waals surface area (Å²) in [5.74, 6) is -1.50. The summed E-state index contributed by atoms with van der Waals surface area (Å²) >= 11 is 0. The van der Waals surface area contributed by atoms with E-state index in [0.29, 0.717) is 0 Å². The van der Waals surface area contributed by atoms with E-state index in [9.17, 15) is 18.0 Å². The van der Waals surface area contributed by atoms with Crippen molar-refractivity contribution in [1.82, 2.24) is 0 Å². The summed E-state index contributed by atoms with van der Waals surface area (Å²) in [6.07, 6.45) is -1.75. The molecule has 1 saturated heterocycles. The number of carbonyl (C=O) groups excluding carboxylic acids is 2. The second kappa shape index (κ2) is 6.35. The van der Waals surface area contributed by atoms with Gasteiger partial charge in [0.15, 0.2) is 12.7 Å². The van der Waals surface area contributed by atoms with Gasteiger partial charge in [0, 0.05) is 12.7 Å². The third-order valence-electron chi connectivity index (χ3n) is 3.63. The van der Waals surface area contributed by atoms with Gasteiger partial charge in [0.2, 0.25) is 0 Å². The van der Waals surface area contributed by atoms with Crippen LogP contribution < -0.4 is 0 Å². The third kappa shape index (κ3) is 3.47. The molecule has 0 aromatic heterocycles. The first-order chi connectivity index (χ1) is 10.2. The molecule has 124 valence electrons. The van der Waals surface area contributed by atoms with Crippen LogP contribution in [0.5, 0.6) is 0 Å². The monoisotopic (exact) mass is 334 g/mol. The summed E-state index contributed by atoms with van der Waals surface area (Å²) in [6, 6.07) is 0. The van der Waals surface area contributed by atoms with Gasteiger partial charge in [-0.1, -0.05) is 6.58 Å². The number of methoxy groups -OCH3 is 1. The van der Waals surface area contributed by atoms with Gasteiger partial charge in [0.05, 0.1) is 11.4 Å². The van der Waals surface area contributed by atoms with Gasteiger partial charge in [-0.05, 0) is 19.8 Å². The molecule has 2 fully saturated rings. The van der Waals surface area contributed by atoms with Crippen molar-refractivity contribution in [3.8, 4) is 0 Å². The van der Waals surface area contributed by atoms with Gasteiger partial charge < -0.3 is 14.2 Å². The molecule has 0 aromatic carbocycles. The highest BCUT2D eigenvalue weighted by atomic mass is 32.2. The maximum Gasteiger partial charge on any atom is 0.344 e. The number of hydrogen-bond acceptors (Lipinski definition) is 8. The fourth-order valence-corrected chi connectivity index (χ4v) is 4.06. The summed E-state index contributed by atoms with van der Waals surface area (Å²) in [5.41, 5.74) is 0.160. The Morgan fingerprint density at radius 1 is 1.32 bits per heavy atom. The minimum absolute atomic E-state index is 0.160. The molecule has 4 atom stereocenters. The molecule has 9 heteroatoms. The summed E-state index contributed by atoms with van der Waals surface area (Å²) in [7, 11) is -2.23. The minimum atomic E-state index is -3.64. The number of fused-ring (bicyclic) bond motifs is 2. The molecule has 4 unspecified atom stereocenters. The van der Waals surface area contributed by atoms with Crippen molar-refractivity contribution in [1.29, 1.82) is 0 Å². The SMILES string of the molecule is C=C(C)C(=O)OCC(=O)OC1C(OC)CC2CC1OS2(=O)=O. The number of rotatable bonds is 5. The number of esters is 2. The molecule has 1 aliphatic carbocycles. The van der Waals surface area contributed by atoms with Crippen LogP contribution in [0.25, 0.3) is 0 Å². The summed E-state index contributed by atoms with van der Waals surface area (Å²) in [5, 5.41) is -0.640. The van der Waals surface area contributed by atoms with Crippen LogP contribution in [0, 0.1) is 0 Å². The summed E-state index contributed by atoms with van der Waals surface area (Å²) < 4.78 is 43.5. The zero-order valence-corrected chi connectivity index (χ0v) is 13.1. The lowest BCUT2D eigenvalue weighted by Crippen LogP contribution is -2.46. The van der Waals surface area contributed by atoms with E-state index in [1.54, 1.807) is 0 Å². The normalized spacial score (nSPS) is 32.3. The first-order valence-corrected chi connectivity index (χ1v) is 8.18. The first-order valence-electron chi connectivity index (χ1n) is 6.71. The Labute approximate surface area is 128 Å². The molecule has 1 heterocycles. The Hall–Kier alpha value is -1.45. The third-order valence-corrected chi connectivity index (χ3v) is 5.35. The Balaban J connectivity index is 1.97. The van der Waals surface area contributed by atoms with Gasteiger partial charge in [-0.25, -0.2) is 9.59 Å². The van der Waals surface area contributed by atoms with Crippen LogP contribution in [0.2, 0.25) is 0 Å². The van der Waals surface area contributed by atoms with E-state index in [4.69, 9.17) is 13.7 Å². The van der Waals surface area contributed by atoms with E-state index in [1.807, 2.05) is 0 Å². The van der Waals surface area contributed by atoms with E-state index in [2.05, 4.69) is 11.3 Å². The Morgan fingerprint density at radius 3 is 2.59 bits per heavy atom. The molecule has 22 heavy (non-hydrogen) atoms. The van der Waals surface area contributed by atoms with E-state index in [1.165, 1.54) is 14.0 Å². The molecule has 0 spiro atoms. The quantitative estimate of drug-likeness (QED) is 0.391. The van der Waals surface area contributed by atoms with Crippen molar-refractivity contribution < 1.29 is 36.4 Å². The molecule has 0 N–H and O–H groups in total. The Kier molecular flexibility index (Phi) is 4.88. The van der Waals surface area contributed by atoms with Crippen LogP contribution in [0.3, 0.4) is 0 Å². The van der Waals surface area contributed by atoms with Crippen LogP contribution in [0.15, 0.2) is 12.2 Å². The van der Waals surface area contributed by atoms with Crippen LogP contribution in [-0.4, -0.2) is 57.6 Å². The second-order valence-electron chi connectivity index (χ2n) is 5.31. The Morgan fingerprint density at radius 2 is 2.00 bits per heavy atom. The van der Waals surface area contributed by atoms with Gasteiger partial charge >= 0.3 is 11.9 Å². The van der Waals surface area contributed by atoms with E-state index in [0.717, 1.165) is 0 Å². The smallest absolute Gasteiger partial charge is 0.344 e. The molecule has 2 bridgehead atoms. The van der Waals surface area contributed by atoms with Gasteiger partial charge in [-0.3, -0.25) is 4.18 Å². The maximum atomic E-state index is 11.7. The topological polar surface area (TPSA) is 105 Å². The molecular weight excluding hydrogens is 316 g/mol. The average Bonchev–Trinajstić information content (AvgIpc) is 2.69. The van der Waals surface area contributed by atoms with Crippen molar-refractivity contribution in [2.24, 2.45) is 0 Å². The molecule has 0 aromatic rings. The molecule has 1 aliphatic heterocycles. The van der Waals surface area contributed by atoms with E-state index >= 15 is 0 Å². The molecule has 1 saturated carbocycles. The van der Waals surface area contributed by atoms with Crippen molar-refractivity contribution in [2.45, 2.75) is 43.3 Å². The summed E-state index contributed by atoms with van der Waals surface area (Å²) in [6.45, 7) is 4.26. The molecule has 0 radical (unpaired) electrons. The van der Waals surface area contributed by atoms with Crippen molar-refractivity contribution in [2.75, 3.05) is 13.7 Å². The van der Waals surface area contributed by atoms with Crippen LogP contribution >= 0.6 is 0 Å². The predicted molar refractivity (Wildman–Crippen MR) is 73.3 cm³/mol. The lowest BCUT2D eigenvalue weighted by atomic mass is 9.91. The fourth-order valence-electron chi connectivity index (χ4n) is 2.52. The predicted octanol–water partition coefficient (Wildman–Crippen LogP) is -0.0765. The van der Waals surface area contributed by atoms with E-state index in [-0.39, 0.29) is 18.4 Å². The molecule has 8 nitrogen and oxygen atoms in total. The maximum absolute atomic E-state index is 11.7. The average molecular weight is 334 g/mol. The highest BCUT2D eigenvalue weighted by molar-refractivity contribution is 7.87. The van der Waals surface area contributed by atoms with Gasteiger partial charge in [-0.15, -0.1) is 0 Å². The van der Waals surface area contributed by atoms with Crippen molar-refractivity contribution >= 4 is 22.1 Å². The zero-order valence-electron chi connectivity index (χ0n) is 12.3. The Bertz CT molecular complexity index is 581. The lowest BCUT2D eigenvalue weighted by molar-refractivity contribution is -0.174. The number of hydrogen-bond donors (Lipinski definition) is 0. The molecule has 2 aliphatic rings. The van der Waals surface area contributed by atoms with Crippen LogP contribution in [0.4, 0.5) is 0 Å². The van der Waals surface area contributed by atoms with Crippen LogP contribution in [0.1, 0.15) is 19.8 Å². The highest BCUT2D eigenvalue weighted by Crippen LogP contribution is 2.38. The molecular formula is C13H18O8S. The van der Waals surface area contributed by atoms with E-state index < -0.39 is 52.2 Å². The van der Waals surface area contributed by atoms with Crippen molar-refractivity contribution in [3.63, 3.8) is 0 Å². The number of ether oxygens (including phenoxy) is 3. The second-order valence-corrected chi connectivity index (χ2v) is 7.15. The largest absolute Gasteiger partial charge is 0.454 e. The first kappa shape index (κ1) is 16.9. The van der Waals surface area contributed by atoms with Gasteiger partial charge in [0.1, 0.15) is 6.10 Å². The molecule has 0 amide bonds. The molecule has 2 rings (SSSR count). The van der Waals surface area contributed by atoms with Gasteiger partial charge in [-0.2, -0.15) is 8.42 Å². The minimum Gasteiger partial charge on any atom is -0.454 e. The standard InChI is InChI=1S/C13H18O8S/c1-7(2)13(15)19-6-11(14)20-12-9(18-3)4-8-5-10(12)21-22(8,16)17/h8-10,12H,1,4-6H2,2-3H3. The fraction of sp³-hybridized carbons (Fsp3) is 0.692. The van der Waals surface area contributed by atoms with Crippen LogP contribution in [-0.2, 0) is 38.1 Å². The van der Waals surface area contributed by atoms with Gasteiger partial charge in [0.25, 0.3) is 10.1 Å². The van der Waals surface area contributed by atoms with Crippen molar-refractivity contribution in [3.05, 3.63) is 12.2 Å². The highest BCUT2D eigenvalue weighted by Gasteiger charge is 2.53. The zero-order chi connectivity index (χ0) is 16.5.